The fourth-order valence-electron chi connectivity index (χ4n) is 2.73. The zero-order valence-corrected chi connectivity index (χ0v) is 19.4. The van der Waals surface area contributed by atoms with Crippen LogP contribution < -0.4 is 33.2 Å². The Labute approximate surface area is 196 Å². The quantitative estimate of drug-likeness (QED) is 0.0616. The largest absolute Gasteiger partial charge is 0.481 e. The number of nitrogens with two attached hydrogens (primary N) is 3. The molecule has 0 rings (SSSR count). The lowest BCUT2D eigenvalue weighted by molar-refractivity contribution is -0.146. The van der Waals surface area contributed by atoms with Gasteiger partial charge in [-0.15, -0.1) is 0 Å². The molecular formula is C19H35N7O8. The molecule has 15 nitrogen and oxygen atoms in total. The molecule has 34 heavy (non-hydrogen) atoms. The van der Waals surface area contributed by atoms with Crippen LogP contribution >= 0.6 is 0 Å². The highest BCUT2D eigenvalue weighted by molar-refractivity contribution is 5.95. The molecule has 0 aliphatic heterocycles. The first-order chi connectivity index (χ1) is 15.7. The van der Waals surface area contributed by atoms with E-state index in [2.05, 4.69) is 20.9 Å². The van der Waals surface area contributed by atoms with E-state index in [9.17, 15) is 29.1 Å². The first kappa shape index (κ1) is 30.5. The second-order valence-electron chi connectivity index (χ2n) is 8.01. The van der Waals surface area contributed by atoms with Crippen molar-refractivity contribution >= 4 is 35.6 Å². The van der Waals surface area contributed by atoms with E-state index in [1.807, 2.05) is 0 Å². The summed E-state index contributed by atoms with van der Waals surface area (Å²) in [5.41, 5.74) is 16.2. The van der Waals surface area contributed by atoms with Gasteiger partial charge in [0.25, 0.3) is 0 Å². The molecule has 0 saturated carbocycles. The van der Waals surface area contributed by atoms with E-state index in [1.165, 1.54) is 6.92 Å². The van der Waals surface area contributed by atoms with Gasteiger partial charge < -0.3 is 48.5 Å². The van der Waals surface area contributed by atoms with Crippen LogP contribution in [0.2, 0.25) is 0 Å². The molecule has 5 unspecified atom stereocenters. The molecule has 0 aliphatic carbocycles. The highest BCUT2D eigenvalue weighted by Crippen LogP contribution is 2.06. The second-order valence-corrected chi connectivity index (χ2v) is 8.01. The van der Waals surface area contributed by atoms with Gasteiger partial charge in [-0.05, 0) is 25.7 Å². The van der Waals surface area contributed by atoms with Gasteiger partial charge in [-0.3, -0.25) is 24.2 Å². The first-order valence-electron chi connectivity index (χ1n) is 10.5. The lowest BCUT2D eigenvalue weighted by Crippen LogP contribution is -2.59. The van der Waals surface area contributed by atoms with Crippen molar-refractivity contribution in [2.75, 3.05) is 6.54 Å². The Morgan fingerprint density at radius 2 is 1.44 bits per heavy atom. The van der Waals surface area contributed by atoms with Crippen LogP contribution in [0, 0.1) is 5.92 Å². The van der Waals surface area contributed by atoms with Gasteiger partial charge in [-0.1, -0.05) is 13.8 Å². The topological polar surface area (TPSA) is 273 Å². The van der Waals surface area contributed by atoms with Crippen LogP contribution in [-0.4, -0.2) is 87.8 Å². The highest BCUT2D eigenvalue weighted by Gasteiger charge is 2.33. The van der Waals surface area contributed by atoms with Crippen LogP contribution in [-0.2, 0) is 24.0 Å². The minimum absolute atomic E-state index is 0.122. The number of rotatable bonds is 15. The fraction of sp³-hybridized carbons (Fsp3) is 0.684. The summed E-state index contributed by atoms with van der Waals surface area (Å²) in [6, 6.07) is -5.55. The molecule has 15 heteroatoms. The van der Waals surface area contributed by atoms with Crippen molar-refractivity contribution in [1.29, 1.82) is 0 Å². The van der Waals surface area contributed by atoms with E-state index in [1.54, 1.807) is 13.8 Å². The smallest absolute Gasteiger partial charge is 0.328 e. The third kappa shape index (κ3) is 11.4. The number of carboxylic acids is 2. The number of guanidine groups is 1. The third-order valence-corrected chi connectivity index (χ3v) is 4.61. The predicted octanol–water partition coefficient (Wildman–Crippen LogP) is -3.58. The van der Waals surface area contributed by atoms with E-state index in [0.29, 0.717) is 6.42 Å². The number of aliphatic hydroxyl groups is 1. The Bertz CT molecular complexity index is 768. The van der Waals surface area contributed by atoms with Gasteiger partial charge in [0.1, 0.15) is 12.1 Å². The van der Waals surface area contributed by atoms with Crippen LogP contribution in [0.3, 0.4) is 0 Å². The van der Waals surface area contributed by atoms with Gasteiger partial charge in [-0.25, -0.2) is 4.79 Å². The molecule has 12 N–H and O–H groups in total. The van der Waals surface area contributed by atoms with Crippen molar-refractivity contribution in [3.8, 4) is 0 Å². The number of carbonyl (C=O) groups excluding carboxylic acids is 3. The molecule has 0 heterocycles. The number of aliphatic carboxylic acids is 2. The van der Waals surface area contributed by atoms with E-state index >= 15 is 0 Å². The zero-order valence-electron chi connectivity index (χ0n) is 19.4. The Hall–Kier alpha value is -3.46. The van der Waals surface area contributed by atoms with Crippen LogP contribution in [0.15, 0.2) is 4.99 Å². The summed E-state index contributed by atoms with van der Waals surface area (Å²) in [6.07, 6.45) is -1.71. The van der Waals surface area contributed by atoms with Crippen molar-refractivity contribution in [3.63, 3.8) is 0 Å². The molecule has 0 fully saturated rings. The average molecular weight is 490 g/mol. The third-order valence-electron chi connectivity index (χ3n) is 4.61. The molecule has 0 saturated heterocycles. The number of aliphatic hydroxyl groups excluding tert-OH is 1. The average Bonchev–Trinajstić information content (AvgIpc) is 2.70. The van der Waals surface area contributed by atoms with Crippen LogP contribution in [0.5, 0.6) is 0 Å². The normalized spacial score (nSPS) is 15.2. The number of nitrogens with zero attached hydrogens (tertiary/aromatic N) is 1. The number of hydrogen-bond acceptors (Lipinski definition) is 8. The summed E-state index contributed by atoms with van der Waals surface area (Å²) in [5, 5.41) is 34.5. The Morgan fingerprint density at radius 1 is 0.882 bits per heavy atom. The van der Waals surface area contributed by atoms with Gasteiger partial charge in [0.2, 0.25) is 17.7 Å². The maximum atomic E-state index is 12.7. The van der Waals surface area contributed by atoms with E-state index in [0.717, 1.165) is 0 Å². The molecule has 0 bridgehead atoms. The molecule has 0 aromatic heterocycles. The minimum atomic E-state index is -1.63. The summed E-state index contributed by atoms with van der Waals surface area (Å²) in [6.45, 7) is 4.50. The van der Waals surface area contributed by atoms with Gasteiger partial charge in [-0.2, -0.15) is 0 Å². The summed E-state index contributed by atoms with van der Waals surface area (Å²) in [5.74, 6) is -6.24. The molecule has 0 spiro atoms. The molecule has 0 aromatic rings. The van der Waals surface area contributed by atoms with Gasteiger partial charge in [0, 0.05) is 6.54 Å². The monoisotopic (exact) mass is 489 g/mol. The maximum absolute atomic E-state index is 12.7. The van der Waals surface area contributed by atoms with E-state index in [4.69, 9.17) is 27.4 Å². The number of amides is 3. The van der Waals surface area contributed by atoms with Crippen LogP contribution in [0.1, 0.15) is 40.0 Å². The standard InChI is InChI=1S/C19H35N7O8/c1-8(2)13(17(32)26-14(9(3)27)18(33)34)25-16(31)11(7-12(28)29)24-15(30)10(20)5-4-6-23-19(21)22/h8-11,13-14,27H,4-7,20H2,1-3H3,(H,24,30)(H,25,31)(H,26,32)(H,28,29)(H,33,34)(H4,21,22,23). The van der Waals surface area contributed by atoms with Gasteiger partial charge in [0.05, 0.1) is 18.6 Å². The molecule has 0 aliphatic rings. The Kier molecular flexibility index (Phi) is 13.2. The Balaban J connectivity index is 5.33. The summed E-state index contributed by atoms with van der Waals surface area (Å²) < 4.78 is 0. The number of nitrogens with one attached hydrogen (secondary N) is 3. The number of carboxylic acid groups (broad SMARTS) is 2. The molecule has 0 radical (unpaired) electrons. The number of hydrogen-bond donors (Lipinski definition) is 9. The lowest BCUT2D eigenvalue weighted by Gasteiger charge is -2.27. The lowest BCUT2D eigenvalue weighted by atomic mass is 10.0. The Morgan fingerprint density at radius 3 is 1.88 bits per heavy atom. The summed E-state index contributed by atoms with van der Waals surface area (Å²) in [4.78, 5) is 63.8. The van der Waals surface area contributed by atoms with Gasteiger partial charge in [0.15, 0.2) is 12.0 Å². The SMILES string of the molecule is CC(C)C(NC(=O)C(CC(=O)O)NC(=O)C(N)CCCN=C(N)N)C(=O)NC(C(=O)O)C(C)O. The molecular weight excluding hydrogens is 454 g/mol. The van der Waals surface area contributed by atoms with Crippen molar-refractivity contribution in [3.05, 3.63) is 0 Å². The predicted molar refractivity (Wildman–Crippen MR) is 120 cm³/mol. The number of carbonyl (C=O) groups is 5. The molecule has 0 aromatic carbocycles. The van der Waals surface area contributed by atoms with Crippen LogP contribution in [0.25, 0.3) is 0 Å². The van der Waals surface area contributed by atoms with Crippen molar-refractivity contribution < 1.29 is 39.3 Å². The second kappa shape index (κ2) is 14.6. The molecule has 5 atom stereocenters. The van der Waals surface area contributed by atoms with Crippen molar-refractivity contribution in [2.24, 2.45) is 28.1 Å². The van der Waals surface area contributed by atoms with E-state index < -0.39 is 72.3 Å². The van der Waals surface area contributed by atoms with Crippen molar-refractivity contribution in [2.45, 2.75) is 70.3 Å². The summed E-state index contributed by atoms with van der Waals surface area (Å²) >= 11 is 0. The van der Waals surface area contributed by atoms with Crippen molar-refractivity contribution in [1.82, 2.24) is 16.0 Å². The van der Waals surface area contributed by atoms with Gasteiger partial charge >= 0.3 is 11.9 Å². The fourth-order valence-corrected chi connectivity index (χ4v) is 2.73. The first-order valence-corrected chi connectivity index (χ1v) is 10.5. The molecule has 3 amide bonds. The summed E-state index contributed by atoms with van der Waals surface area (Å²) in [7, 11) is 0. The van der Waals surface area contributed by atoms with Crippen LogP contribution in [0.4, 0.5) is 0 Å². The zero-order chi connectivity index (χ0) is 26.6. The maximum Gasteiger partial charge on any atom is 0.328 e. The molecule has 194 valence electrons. The number of aliphatic imine (C=N–C) groups is 1. The minimum Gasteiger partial charge on any atom is -0.481 e. The van der Waals surface area contributed by atoms with E-state index in [-0.39, 0.29) is 18.9 Å². The highest BCUT2D eigenvalue weighted by atomic mass is 16.4.